The molecule has 1 aromatic heterocycles. The maximum Gasteiger partial charge on any atom is 0.0471 e. The zero-order valence-electron chi connectivity index (χ0n) is 15.7. The first kappa shape index (κ1) is 15.1. The molecule has 0 aliphatic carbocycles. The lowest BCUT2D eigenvalue weighted by atomic mass is 9.87. The standard InChI is InChI=1S/C28H17N/c1-4-11-24-19(6-1)16-25(29-24)23-15-14-18-13-12-17-7-5-10-21-20-8-2-3-9-22(20)28(23)27(18)26(17)21/h1-16,29H. The van der Waals surface area contributed by atoms with Crippen molar-refractivity contribution in [2.45, 2.75) is 0 Å². The van der Waals surface area contributed by atoms with Crippen LogP contribution in [0.15, 0.2) is 97.1 Å². The second kappa shape index (κ2) is 5.36. The Labute approximate surface area is 167 Å². The monoisotopic (exact) mass is 367 g/mol. The summed E-state index contributed by atoms with van der Waals surface area (Å²) in [6.45, 7) is 0. The molecule has 0 saturated heterocycles. The highest BCUT2D eigenvalue weighted by Gasteiger charge is 2.17. The number of rotatable bonds is 1. The van der Waals surface area contributed by atoms with Crippen molar-refractivity contribution in [2.75, 3.05) is 0 Å². The van der Waals surface area contributed by atoms with Crippen molar-refractivity contribution >= 4 is 54.0 Å². The van der Waals surface area contributed by atoms with Gasteiger partial charge in [-0.1, -0.05) is 84.9 Å². The second-order valence-electron chi connectivity index (χ2n) is 7.87. The van der Waals surface area contributed by atoms with E-state index in [9.17, 15) is 0 Å². The lowest BCUT2D eigenvalue weighted by Crippen LogP contribution is -1.90. The number of aromatic nitrogens is 1. The van der Waals surface area contributed by atoms with E-state index < -0.39 is 0 Å². The molecule has 0 unspecified atom stereocenters. The summed E-state index contributed by atoms with van der Waals surface area (Å²) in [4.78, 5) is 3.65. The summed E-state index contributed by atoms with van der Waals surface area (Å²) < 4.78 is 0. The van der Waals surface area contributed by atoms with Gasteiger partial charge in [-0.3, -0.25) is 0 Å². The van der Waals surface area contributed by atoms with Crippen LogP contribution in [0.3, 0.4) is 0 Å². The van der Waals surface area contributed by atoms with Crippen molar-refractivity contribution in [1.29, 1.82) is 0 Å². The summed E-state index contributed by atoms with van der Waals surface area (Å²) in [7, 11) is 0. The van der Waals surface area contributed by atoms with E-state index >= 15 is 0 Å². The first-order valence-corrected chi connectivity index (χ1v) is 10.0. The van der Waals surface area contributed by atoms with Crippen LogP contribution < -0.4 is 0 Å². The molecule has 0 fully saturated rings. The molecule has 134 valence electrons. The fourth-order valence-corrected chi connectivity index (χ4v) is 5.08. The maximum atomic E-state index is 3.65. The van der Waals surface area contributed by atoms with Crippen LogP contribution in [0.1, 0.15) is 0 Å². The van der Waals surface area contributed by atoms with Crippen molar-refractivity contribution in [1.82, 2.24) is 4.98 Å². The van der Waals surface area contributed by atoms with Crippen molar-refractivity contribution < 1.29 is 0 Å². The van der Waals surface area contributed by atoms with E-state index in [1.54, 1.807) is 0 Å². The van der Waals surface area contributed by atoms with Crippen LogP contribution in [0.2, 0.25) is 0 Å². The molecule has 0 bridgehead atoms. The third kappa shape index (κ3) is 1.94. The van der Waals surface area contributed by atoms with Crippen LogP contribution in [0, 0.1) is 0 Å². The Hall–Kier alpha value is -3.84. The summed E-state index contributed by atoms with van der Waals surface area (Å²) in [6.07, 6.45) is 0. The van der Waals surface area contributed by atoms with Crippen molar-refractivity contribution in [3.05, 3.63) is 97.1 Å². The molecule has 1 heteroatoms. The summed E-state index contributed by atoms with van der Waals surface area (Å²) in [6, 6.07) is 35.3. The lowest BCUT2D eigenvalue weighted by Gasteiger charge is -2.17. The van der Waals surface area contributed by atoms with Crippen LogP contribution in [0.5, 0.6) is 0 Å². The molecule has 1 N–H and O–H groups in total. The lowest BCUT2D eigenvalue weighted by molar-refractivity contribution is 1.47. The Bertz CT molecular complexity index is 1670. The van der Waals surface area contributed by atoms with Crippen molar-refractivity contribution in [3.8, 4) is 11.3 Å². The molecule has 1 nitrogen and oxygen atoms in total. The summed E-state index contributed by atoms with van der Waals surface area (Å²) in [5, 5.41) is 11.9. The molecule has 7 aromatic rings. The number of H-pyrrole nitrogens is 1. The van der Waals surface area contributed by atoms with Gasteiger partial charge in [0.05, 0.1) is 0 Å². The number of aromatic amines is 1. The van der Waals surface area contributed by atoms with Crippen LogP contribution in [0.25, 0.3) is 65.3 Å². The smallest absolute Gasteiger partial charge is 0.0471 e. The third-order valence-electron chi connectivity index (χ3n) is 6.33. The van der Waals surface area contributed by atoms with Gasteiger partial charge >= 0.3 is 0 Å². The minimum Gasteiger partial charge on any atom is -0.355 e. The van der Waals surface area contributed by atoms with Crippen molar-refractivity contribution in [2.24, 2.45) is 0 Å². The van der Waals surface area contributed by atoms with Crippen molar-refractivity contribution in [3.63, 3.8) is 0 Å². The largest absolute Gasteiger partial charge is 0.355 e. The molecule has 29 heavy (non-hydrogen) atoms. The average molecular weight is 367 g/mol. The summed E-state index contributed by atoms with van der Waals surface area (Å²) in [5.74, 6) is 0. The minimum atomic E-state index is 1.18. The zero-order chi connectivity index (χ0) is 18.9. The van der Waals surface area contributed by atoms with Gasteiger partial charge in [-0.15, -0.1) is 0 Å². The molecule has 1 heterocycles. The van der Waals surface area contributed by atoms with Gasteiger partial charge in [0.25, 0.3) is 0 Å². The van der Waals surface area contributed by atoms with Gasteiger partial charge in [-0.25, -0.2) is 0 Å². The van der Waals surface area contributed by atoms with E-state index in [1.807, 2.05) is 0 Å². The number of fused-ring (bicyclic) bond motifs is 4. The number of hydrogen-bond donors (Lipinski definition) is 1. The zero-order valence-corrected chi connectivity index (χ0v) is 15.7. The van der Waals surface area contributed by atoms with Gasteiger partial charge in [0, 0.05) is 27.5 Å². The Morgan fingerprint density at radius 1 is 0.448 bits per heavy atom. The number of nitrogens with one attached hydrogen (secondary N) is 1. The molecule has 0 aliphatic heterocycles. The summed E-state index contributed by atoms with van der Waals surface area (Å²) in [5.41, 5.74) is 3.62. The highest BCUT2D eigenvalue weighted by atomic mass is 14.7. The van der Waals surface area contributed by atoms with E-state index in [-0.39, 0.29) is 0 Å². The molecular weight excluding hydrogens is 350 g/mol. The Morgan fingerprint density at radius 2 is 1.10 bits per heavy atom. The van der Waals surface area contributed by atoms with Gasteiger partial charge in [0.2, 0.25) is 0 Å². The van der Waals surface area contributed by atoms with Crippen LogP contribution in [-0.4, -0.2) is 4.98 Å². The minimum absolute atomic E-state index is 1.18. The summed E-state index contributed by atoms with van der Waals surface area (Å²) >= 11 is 0. The van der Waals surface area contributed by atoms with Gasteiger partial charge in [0.15, 0.2) is 0 Å². The highest BCUT2D eigenvalue weighted by Crippen LogP contribution is 2.44. The SMILES string of the molecule is c1ccc2[nH]c(-c3ccc4ccc5cccc6c7ccccc7c3c4c56)cc2c1. The number of para-hydroxylation sites is 1. The molecule has 0 saturated carbocycles. The van der Waals surface area contributed by atoms with Gasteiger partial charge in [0.1, 0.15) is 0 Å². The van der Waals surface area contributed by atoms with E-state index in [4.69, 9.17) is 0 Å². The molecule has 0 amide bonds. The topological polar surface area (TPSA) is 15.8 Å². The third-order valence-corrected chi connectivity index (χ3v) is 6.33. The Balaban J connectivity index is 1.77. The maximum absolute atomic E-state index is 3.65. The fourth-order valence-electron chi connectivity index (χ4n) is 5.08. The Morgan fingerprint density at radius 3 is 2.00 bits per heavy atom. The predicted octanol–water partition coefficient (Wildman–Crippen LogP) is 7.89. The molecule has 6 aromatic carbocycles. The molecule has 0 atom stereocenters. The molecule has 0 spiro atoms. The number of hydrogen-bond acceptors (Lipinski definition) is 0. The van der Waals surface area contributed by atoms with E-state index in [0.717, 1.165) is 0 Å². The highest BCUT2D eigenvalue weighted by molar-refractivity contribution is 6.36. The van der Waals surface area contributed by atoms with Crippen LogP contribution in [0.4, 0.5) is 0 Å². The van der Waals surface area contributed by atoms with E-state index in [1.165, 1.54) is 65.3 Å². The van der Waals surface area contributed by atoms with Gasteiger partial charge in [-0.05, 0) is 49.8 Å². The quantitative estimate of drug-likeness (QED) is 0.224. The van der Waals surface area contributed by atoms with Gasteiger partial charge in [-0.2, -0.15) is 0 Å². The normalized spacial score (nSPS) is 12.1. The van der Waals surface area contributed by atoms with E-state index in [0.29, 0.717) is 0 Å². The molecular formula is C28H17N. The second-order valence-corrected chi connectivity index (χ2v) is 7.87. The average Bonchev–Trinajstić information content (AvgIpc) is 3.22. The fraction of sp³-hybridized carbons (Fsp3) is 0. The van der Waals surface area contributed by atoms with Crippen LogP contribution >= 0.6 is 0 Å². The predicted molar refractivity (Wildman–Crippen MR) is 125 cm³/mol. The van der Waals surface area contributed by atoms with Crippen LogP contribution in [-0.2, 0) is 0 Å². The van der Waals surface area contributed by atoms with Gasteiger partial charge < -0.3 is 4.98 Å². The number of benzene rings is 6. The molecule has 7 rings (SSSR count). The first-order chi connectivity index (χ1) is 14.4. The Kier molecular flexibility index (Phi) is 2.80. The van der Waals surface area contributed by atoms with E-state index in [2.05, 4.69) is 102 Å². The first-order valence-electron chi connectivity index (χ1n) is 10.0. The molecule has 0 aliphatic rings. The molecule has 0 radical (unpaired) electrons.